The molecule has 0 aliphatic carbocycles. The van der Waals surface area contributed by atoms with Crippen LogP contribution in [0.1, 0.15) is 37.4 Å². The van der Waals surface area contributed by atoms with Gasteiger partial charge in [-0.1, -0.05) is 0 Å². The van der Waals surface area contributed by atoms with E-state index >= 15 is 0 Å². The number of amides is 1. The molecule has 1 spiro atoms. The molecular weight excluding hydrogens is 671 g/mol. The van der Waals surface area contributed by atoms with E-state index in [2.05, 4.69) is 33.6 Å². The van der Waals surface area contributed by atoms with Crippen LogP contribution in [-0.2, 0) is 14.3 Å². The van der Waals surface area contributed by atoms with Crippen molar-refractivity contribution in [2.24, 2.45) is 5.73 Å². The van der Waals surface area contributed by atoms with Crippen LogP contribution < -0.4 is 18.7 Å². The van der Waals surface area contributed by atoms with E-state index in [1.807, 2.05) is 24.0 Å². The molecule has 1 aromatic heterocycles. The van der Waals surface area contributed by atoms with Gasteiger partial charge in [-0.25, -0.2) is 0 Å². The average molecular weight is 713 g/mol. The Morgan fingerprint density at radius 1 is 1.30 bits per heavy atom. The van der Waals surface area contributed by atoms with Gasteiger partial charge in [0, 0.05) is 7.11 Å². The Morgan fingerprint density at radius 2 is 2.05 bits per heavy atom. The number of aromatic nitrogens is 1. The molecule has 3 saturated heterocycles. The maximum absolute atomic E-state index is 14.4. The summed E-state index contributed by atoms with van der Waals surface area (Å²) >= 11 is -1.77. The summed E-state index contributed by atoms with van der Waals surface area (Å²) in [7, 11) is 1.67. The predicted molar refractivity (Wildman–Crippen MR) is 171 cm³/mol. The fraction of sp³-hybridized carbons (Fsp3) is 0.567. The number of nitrogens with one attached hydrogen (secondary N) is 1. The van der Waals surface area contributed by atoms with Crippen LogP contribution in [0.3, 0.4) is 0 Å². The van der Waals surface area contributed by atoms with Crippen LogP contribution in [0.2, 0.25) is 0 Å². The first-order chi connectivity index (χ1) is 20.8. The molecule has 0 saturated carbocycles. The molecule has 6 heterocycles. The fourth-order valence-electron chi connectivity index (χ4n) is 6.73. The van der Waals surface area contributed by atoms with Gasteiger partial charge in [0.1, 0.15) is 0 Å². The summed E-state index contributed by atoms with van der Waals surface area (Å²) in [5, 5.41) is 0. The summed E-state index contributed by atoms with van der Waals surface area (Å²) in [6.45, 7) is 11.7. The van der Waals surface area contributed by atoms with E-state index < -0.39 is 32.1 Å². The van der Waals surface area contributed by atoms with Crippen LogP contribution in [0.4, 0.5) is 20.3 Å². The number of rotatable bonds is 7. The van der Waals surface area contributed by atoms with Gasteiger partial charge in [0.2, 0.25) is 0 Å². The summed E-state index contributed by atoms with van der Waals surface area (Å²) in [5.74, 6) is 0.578. The summed E-state index contributed by atoms with van der Waals surface area (Å²) in [5.41, 5.74) is 8.62. The van der Waals surface area contributed by atoms with Crippen molar-refractivity contribution in [3.8, 4) is 0 Å². The monoisotopic (exact) mass is 712 g/mol. The number of halogens is 3. The van der Waals surface area contributed by atoms with Crippen molar-refractivity contribution >= 4 is 49.3 Å². The first-order valence-electron chi connectivity index (χ1n) is 14.8. The second-order valence-corrected chi connectivity index (χ2v) is 16.7. The molecule has 6 rings (SSSR count). The first kappa shape index (κ1) is 30.4. The zero-order chi connectivity index (χ0) is 30.3. The Hall–Kier alpha value is -2.62. The quantitative estimate of drug-likeness (QED) is 0.145. The van der Waals surface area contributed by atoms with Crippen LogP contribution in [0.15, 0.2) is 34.6 Å². The van der Waals surface area contributed by atoms with Gasteiger partial charge in [-0.3, -0.25) is 0 Å². The number of ether oxygens (including phenoxy) is 2. The van der Waals surface area contributed by atoms with E-state index in [4.69, 9.17) is 15.2 Å². The molecule has 5 aliphatic heterocycles. The van der Waals surface area contributed by atoms with Crippen molar-refractivity contribution in [2.75, 3.05) is 74.2 Å². The number of methoxy groups -OCH3 is 1. The van der Waals surface area contributed by atoms with Gasteiger partial charge in [0.15, 0.2) is 0 Å². The fourth-order valence-corrected chi connectivity index (χ4v) is 12.4. The Morgan fingerprint density at radius 3 is 2.70 bits per heavy atom. The van der Waals surface area contributed by atoms with E-state index in [1.54, 1.807) is 13.3 Å². The maximum atomic E-state index is 14.4. The zero-order valence-corrected chi connectivity index (χ0v) is 26.9. The number of alkyl halides is 3. The molecule has 5 aliphatic rings. The van der Waals surface area contributed by atoms with Crippen molar-refractivity contribution < 1.29 is 28.0 Å². The molecule has 2 atom stereocenters. The Bertz CT molecular complexity index is 1340. The van der Waals surface area contributed by atoms with Gasteiger partial charge in [-0.15, -0.1) is 0 Å². The van der Waals surface area contributed by atoms with E-state index in [0.717, 1.165) is 36.6 Å². The van der Waals surface area contributed by atoms with E-state index in [1.165, 1.54) is 6.08 Å². The second kappa shape index (κ2) is 12.4. The number of hydrogen-bond acceptors (Lipinski definition) is 8. The summed E-state index contributed by atoms with van der Waals surface area (Å²) in [6, 6.07) is 2.06. The molecule has 3 fully saturated rings. The van der Waals surface area contributed by atoms with Gasteiger partial charge in [0.25, 0.3) is 0 Å². The van der Waals surface area contributed by atoms with Crippen molar-refractivity contribution in [1.82, 2.24) is 14.8 Å². The third kappa shape index (κ3) is 5.57. The van der Waals surface area contributed by atoms with E-state index in [0.29, 0.717) is 67.7 Å². The zero-order valence-electron chi connectivity index (χ0n) is 24.8. The topological polar surface area (TPSA) is 101 Å². The van der Waals surface area contributed by atoms with Crippen LogP contribution in [0, 0.1) is 0 Å². The minimum absolute atomic E-state index is 0.0231. The molecule has 0 bridgehead atoms. The average Bonchev–Trinajstić information content (AvgIpc) is 3.01. The molecule has 1 amide bonds. The normalized spacial score (nSPS) is 26.3. The molecule has 234 valence electrons. The molecule has 13 heteroatoms. The van der Waals surface area contributed by atoms with Crippen molar-refractivity contribution in [3.05, 3.63) is 45.8 Å². The summed E-state index contributed by atoms with van der Waals surface area (Å²) in [4.78, 5) is 26.6. The van der Waals surface area contributed by atoms with Gasteiger partial charge in [-0.2, -0.15) is 0 Å². The number of carbonyl (C=O) groups is 1. The Balaban J connectivity index is 1.19. The molecule has 3 N–H and O–H groups in total. The van der Waals surface area contributed by atoms with Crippen molar-refractivity contribution in [3.63, 3.8) is 0 Å². The van der Waals surface area contributed by atoms with Crippen LogP contribution >= 0.6 is 20.1 Å². The number of piperazine rings is 1. The van der Waals surface area contributed by atoms with Gasteiger partial charge in [0.05, 0.1) is 0 Å². The van der Waals surface area contributed by atoms with Crippen molar-refractivity contribution in [1.29, 1.82) is 0 Å². The SMILES string of the molecule is C=CC(=O)N1CCN(C2CN3c4cc(N5CCC6(CC5)OC[C@H](COC)[NH+]=C6/C(C)=C\N)nc(C(F)F)c4C=CI23)CC1. The molecule has 10 nitrogen and oxygen atoms in total. The number of hydrogen-bond donors (Lipinski definition) is 2. The molecule has 1 unspecified atom stereocenters. The third-order valence-corrected chi connectivity index (χ3v) is 15.2. The number of piperidine rings is 1. The van der Waals surface area contributed by atoms with Crippen LogP contribution in [0.25, 0.3) is 6.08 Å². The number of carbonyl (C=O) groups excluding carboxylic acids is 1. The molecule has 0 radical (unpaired) electrons. The first-order valence-corrected chi connectivity index (χ1v) is 18.3. The van der Waals surface area contributed by atoms with Gasteiger partial charge < -0.3 is 4.74 Å². The van der Waals surface area contributed by atoms with Crippen LogP contribution in [-0.4, -0.2) is 108 Å². The van der Waals surface area contributed by atoms with Crippen LogP contribution in [0.5, 0.6) is 0 Å². The standard InChI is InChI=1S/C30H40F2IN7O3/c1-4-26(41)39-13-11-37(12-14-39)24-17-40-23-15-25(36-27(29(31)32)22(23)5-8-33(24)40)38-9-6-30(7-10-38)28(20(2)16-34)35-21(18-42-3)19-43-30/h4-5,8,15-16,21,24,29H,1,6-7,9-14,17-19,34H2,2-3H3/p+1/b20-16-/t21-,24?/m0/s1. The predicted octanol–water partition coefficient (Wildman–Crippen LogP) is 1.67. The molecule has 0 aromatic carbocycles. The third-order valence-electron chi connectivity index (χ3n) is 9.15. The van der Waals surface area contributed by atoms with Crippen molar-refractivity contribution in [2.45, 2.75) is 41.9 Å². The summed E-state index contributed by atoms with van der Waals surface area (Å²) in [6.07, 6.45) is 3.58. The number of pyridine rings is 1. The van der Waals surface area contributed by atoms with E-state index in [-0.39, 0.29) is 17.6 Å². The number of anilines is 2. The van der Waals surface area contributed by atoms with E-state index in [9.17, 15) is 13.6 Å². The Kier molecular flexibility index (Phi) is 8.77. The number of fused-ring (bicyclic) bond motifs is 3. The molecule has 43 heavy (non-hydrogen) atoms. The van der Waals surface area contributed by atoms with Gasteiger partial charge in [-0.05, 0) is 0 Å². The molecule has 1 aromatic rings. The minimum atomic E-state index is -2.66. The summed E-state index contributed by atoms with van der Waals surface area (Å²) < 4.78 is 45.6. The number of nitrogens with two attached hydrogens (primary N) is 1. The Labute approximate surface area is 259 Å². The number of nitrogens with zero attached hydrogens (tertiary/aromatic N) is 5. The second-order valence-electron chi connectivity index (χ2n) is 11.6. The van der Waals surface area contributed by atoms with Gasteiger partial charge >= 0.3 is 248 Å². The molecular formula is C30H41F2IN7O3+.